The fourth-order valence-corrected chi connectivity index (χ4v) is 0.714. The summed E-state index contributed by atoms with van der Waals surface area (Å²) in [6, 6.07) is 1.63. The van der Waals surface area contributed by atoms with E-state index in [-0.39, 0.29) is 5.91 Å². The van der Waals surface area contributed by atoms with Crippen LogP contribution < -0.4 is 5.48 Å². The molecule has 0 aliphatic heterocycles. The molecule has 0 aromatic carbocycles. The minimum atomic E-state index is -0.302. The topological polar surface area (TPSA) is 51.5 Å². The number of amides is 1. The summed E-state index contributed by atoms with van der Waals surface area (Å²) in [6.45, 7) is 1.77. The minimum absolute atomic E-state index is 0.302. The van der Waals surface area contributed by atoms with Gasteiger partial charge in [0.1, 0.15) is 12.0 Å². The molecule has 4 nitrogen and oxygen atoms in total. The molecule has 1 rings (SSSR count). The summed E-state index contributed by atoms with van der Waals surface area (Å²) in [5.41, 5.74) is 2.64. The van der Waals surface area contributed by atoms with E-state index in [1.54, 1.807) is 13.0 Å². The number of carbonyl (C=O) groups excluding carboxylic acids is 1. The summed E-state index contributed by atoms with van der Waals surface area (Å²) in [4.78, 5) is 15.4. The number of aryl methyl sites for hydroxylation is 1. The lowest BCUT2D eigenvalue weighted by Crippen LogP contribution is -2.20. The molecule has 1 heterocycles. The Balaban J connectivity index is 2.69. The van der Waals surface area contributed by atoms with Crippen LogP contribution in [0.25, 0.3) is 0 Å². The predicted octanol–water partition coefficient (Wildman–Crippen LogP) is 0.879. The fraction of sp³-hybridized carbons (Fsp3) is 0.286. The molecule has 0 spiro atoms. The molecule has 0 saturated carbocycles. The van der Waals surface area contributed by atoms with Crippen molar-refractivity contribution in [2.45, 2.75) is 6.92 Å². The molecule has 1 aromatic heterocycles. The van der Waals surface area contributed by atoms with Crippen LogP contribution in [0.5, 0.6) is 0 Å². The number of carbonyl (C=O) groups is 1. The van der Waals surface area contributed by atoms with Crippen LogP contribution >= 0.6 is 0 Å². The molecule has 60 valence electrons. The van der Waals surface area contributed by atoms with Gasteiger partial charge in [0.25, 0.3) is 5.91 Å². The third-order valence-electron chi connectivity index (χ3n) is 1.19. The summed E-state index contributed by atoms with van der Waals surface area (Å²) in [7, 11) is 1.38. The fourth-order valence-electron chi connectivity index (χ4n) is 0.714. The Hall–Kier alpha value is -1.29. The van der Waals surface area contributed by atoms with Gasteiger partial charge in [0.2, 0.25) is 0 Å². The smallest absolute Gasteiger partial charge is 0.278 e. The molecule has 11 heavy (non-hydrogen) atoms. The molecule has 1 N–H and O–H groups in total. The Kier molecular flexibility index (Phi) is 2.28. The maximum absolute atomic E-state index is 11.0. The zero-order valence-corrected chi connectivity index (χ0v) is 6.38. The maximum atomic E-state index is 11.0. The highest BCUT2D eigenvalue weighted by Crippen LogP contribution is 2.05. The summed E-state index contributed by atoms with van der Waals surface area (Å²) in [6.07, 6.45) is 1.38. The molecular weight excluding hydrogens is 146 g/mol. The van der Waals surface area contributed by atoms with Crippen molar-refractivity contribution >= 4 is 5.91 Å². The highest BCUT2D eigenvalue weighted by Gasteiger charge is 2.06. The Bertz CT molecular complexity index is 254. The first kappa shape index (κ1) is 7.81. The van der Waals surface area contributed by atoms with Crippen molar-refractivity contribution in [2.75, 3.05) is 7.11 Å². The van der Waals surface area contributed by atoms with Gasteiger partial charge in [0.15, 0.2) is 0 Å². The van der Waals surface area contributed by atoms with Gasteiger partial charge in [0.05, 0.1) is 12.7 Å². The lowest BCUT2D eigenvalue weighted by molar-refractivity contribution is 0.0537. The second-order valence-corrected chi connectivity index (χ2v) is 2.08. The van der Waals surface area contributed by atoms with Crippen molar-refractivity contribution in [1.82, 2.24) is 5.48 Å². The first-order valence-corrected chi connectivity index (χ1v) is 3.12. The average Bonchev–Trinajstić information content (AvgIpc) is 2.36. The van der Waals surface area contributed by atoms with Crippen molar-refractivity contribution in [3.05, 3.63) is 23.7 Å². The van der Waals surface area contributed by atoms with Crippen LogP contribution in [0.15, 0.2) is 16.7 Å². The number of hydrogen-bond donors (Lipinski definition) is 1. The zero-order chi connectivity index (χ0) is 8.27. The van der Waals surface area contributed by atoms with Gasteiger partial charge in [-0.05, 0) is 13.0 Å². The van der Waals surface area contributed by atoms with Gasteiger partial charge in [0, 0.05) is 0 Å². The molecule has 0 unspecified atom stereocenters. The molecule has 0 radical (unpaired) electrons. The minimum Gasteiger partial charge on any atom is -0.469 e. The number of hydrogen-bond acceptors (Lipinski definition) is 3. The third-order valence-corrected chi connectivity index (χ3v) is 1.19. The predicted molar refractivity (Wildman–Crippen MR) is 37.9 cm³/mol. The lowest BCUT2D eigenvalue weighted by Gasteiger charge is -1.95. The van der Waals surface area contributed by atoms with E-state index < -0.39 is 0 Å². The van der Waals surface area contributed by atoms with E-state index in [4.69, 9.17) is 4.42 Å². The van der Waals surface area contributed by atoms with Crippen molar-refractivity contribution in [2.24, 2.45) is 0 Å². The molecule has 4 heteroatoms. The number of furan rings is 1. The van der Waals surface area contributed by atoms with Gasteiger partial charge in [-0.25, -0.2) is 5.48 Å². The second kappa shape index (κ2) is 3.21. The monoisotopic (exact) mass is 155 g/mol. The zero-order valence-electron chi connectivity index (χ0n) is 6.38. The van der Waals surface area contributed by atoms with E-state index in [1.165, 1.54) is 13.4 Å². The van der Waals surface area contributed by atoms with Crippen LogP contribution in [0, 0.1) is 6.92 Å². The first-order valence-electron chi connectivity index (χ1n) is 3.12. The molecule has 0 aliphatic rings. The van der Waals surface area contributed by atoms with E-state index >= 15 is 0 Å². The number of hydroxylamine groups is 1. The second-order valence-electron chi connectivity index (χ2n) is 2.08. The van der Waals surface area contributed by atoms with Crippen molar-refractivity contribution in [3.8, 4) is 0 Å². The van der Waals surface area contributed by atoms with Gasteiger partial charge in [-0.3, -0.25) is 9.63 Å². The standard InChI is InChI=1S/C7H9NO3/c1-5-3-6(4-11-5)7(9)8-10-2/h3-4H,1-2H3,(H,8,9). The molecule has 0 aliphatic carbocycles. The Labute approximate surface area is 64.1 Å². The number of nitrogens with one attached hydrogen (secondary N) is 1. The van der Waals surface area contributed by atoms with Crippen LogP contribution in [0.1, 0.15) is 16.1 Å². The van der Waals surface area contributed by atoms with Gasteiger partial charge in [-0.15, -0.1) is 0 Å². The summed E-state index contributed by atoms with van der Waals surface area (Å²) < 4.78 is 4.92. The highest BCUT2D eigenvalue weighted by molar-refractivity contribution is 5.93. The Morgan fingerprint density at radius 2 is 2.45 bits per heavy atom. The van der Waals surface area contributed by atoms with Crippen molar-refractivity contribution in [3.63, 3.8) is 0 Å². The molecule has 0 fully saturated rings. The average molecular weight is 155 g/mol. The summed E-state index contributed by atoms with van der Waals surface area (Å²) in [5, 5.41) is 0. The third kappa shape index (κ3) is 1.81. The van der Waals surface area contributed by atoms with E-state index in [0.29, 0.717) is 11.3 Å². The summed E-state index contributed by atoms with van der Waals surface area (Å²) >= 11 is 0. The van der Waals surface area contributed by atoms with Crippen LogP contribution in [-0.2, 0) is 4.84 Å². The van der Waals surface area contributed by atoms with E-state index in [2.05, 4.69) is 10.3 Å². The van der Waals surface area contributed by atoms with Gasteiger partial charge >= 0.3 is 0 Å². The van der Waals surface area contributed by atoms with Gasteiger partial charge < -0.3 is 4.42 Å². The van der Waals surface area contributed by atoms with Crippen LogP contribution in [-0.4, -0.2) is 13.0 Å². The van der Waals surface area contributed by atoms with E-state index in [9.17, 15) is 4.79 Å². The summed E-state index contributed by atoms with van der Waals surface area (Å²) in [5.74, 6) is 0.399. The lowest BCUT2D eigenvalue weighted by atomic mass is 10.3. The SMILES string of the molecule is CONC(=O)c1coc(C)c1. The Morgan fingerprint density at radius 3 is 2.91 bits per heavy atom. The molecular formula is C7H9NO3. The molecule has 0 bridgehead atoms. The van der Waals surface area contributed by atoms with Crippen LogP contribution in [0.3, 0.4) is 0 Å². The quantitative estimate of drug-likeness (QED) is 0.645. The number of rotatable bonds is 2. The van der Waals surface area contributed by atoms with E-state index in [0.717, 1.165) is 0 Å². The normalized spacial score (nSPS) is 9.64. The molecule has 0 saturated heterocycles. The van der Waals surface area contributed by atoms with Crippen LogP contribution in [0.4, 0.5) is 0 Å². The maximum Gasteiger partial charge on any atom is 0.278 e. The highest BCUT2D eigenvalue weighted by atomic mass is 16.6. The van der Waals surface area contributed by atoms with Crippen molar-refractivity contribution in [1.29, 1.82) is 0 Å². The van der Waals surface area contributed by atoms with Gasteiger partial charge in [-0.1, -0.05) is 0 Å². The van der Waals surface area contributed by atoms with Gasteiger partial charge in [-0.2, -0.15) is 0 Å². The Morgan fingerprint density at radius 1 is 1.73 bits per heavy atom. The molecule has 0 atom stereocenters. The van der Waals surface area contributed by atoms with Crippen molar-refractivity contribution < 1.29 is 14.0 Å². The molecule has 1 aromatic rings. The molecule has 1 amide bonds. The largest absolute Gasteiger partial charge is 0.469 e. The first-order chi connectivity index (χ1) is 5.24. The van der Waals surface area contributed by atoms with Crippen LogP contribution in [0.2, 0.25) is 0 Å². The van der Waals surface area contributed by atoms with E-state index in [1.807, 2.05) is 0 Å².